The third kappa shape index (κ3) is 8.46. The van der Waals surface area contributed by atoms with Gasteiger partial charge in [0.05, 0.1) is 20.3 Å². The zero-order valence-electron chi connectivity index (χ0n) is 21.5. The molecule has 0 aliphatic carbocycles. The number of benzene rings is 1. The fourth-order valence-corrected chi connectivity index (χ4v) is 3.88. The van der Waals surface area contributed by atoms with Crippen LogP contribution < -0.4 is 0 Å². The van der Waals surface area contributed by atoms with E-state index in [1.54, 1.807) is 32.9 Å². The number of cyclic esters (lactones) is 1. The smallest absolute Gasteiger partial charge is 0.416 e. The van der Waals surface area contributed by atoms with Gasteiger partial charge in [-0.1, -0.05) is 30.3 Å². The monoisotopic (exact) mass is 487 g/mol. The lowest BCUT2D eigenvalue weighted by molar-refractivity contribution is -0.155. The maximum absolute atomic E-state index is 13.6. The van der Waals surface area contributed by atoms with Gasteiger partial charge in [-0.15, -0.1) is 0 Å². The maximum atomic E-state index is 13.6. The lowest BCUT2D eigenvalue weighted by atomic mass is 9.95. The van der Waals surface area contributed by atoms with Crippen molar-refractivity contribution in [3.63, 3.8) is 0 Å². The Bertz CT molecular complexity index is 931. The normalized spacial score (nSPS) is 17.6. The highest BCUT2D eigenvalue weighted by Gasteiger charge is 2.40. The van der Waals surface area contributed by atoms with E-state index < -0.39 is 29.6 Å². The molecule has 0 N–H and O–H groups in total. The number of hydrogen-bond donors (Lipinski definition) is 0. The van der Waals surface area contributed by atoms with Crippen molar-refractivity contribution in [2.24, 2.45) is 5.92 Å². The standard InChI is InChI=1S/C27H37NO7/c1-7-22(32-5)23(33-6)15-13-20(14-16-24(29)35-27(2,3)4)25(30)28-21(18-34-26(28)31)17-19-11-9-8-10-12-19/h7-12,15,20-21H,13-14,16-18H2,1-6H3/b22-7+,23-15+/t20-,21+/m1/s1. The van der Waals surface area contributed by atoms with Crippen LogP contribution in [0.4, 0.5) is 4.79 Å². The minimum Gasteiger partial charge on any atom is -0.493 e. The molecule has 8 heteroatoms. The summed E-state index contributed by atoms with van der Waals surface area (Å²) >= 11 is 0. The molecular weight excluding hydrogens is 450 g/mol. The van der Waals surface area contributed by atoms with Crippen LogP contribution in [0.2, 0.25) is 0 Å². The van der Waals surface area contributed by atoms with Crippen molar-refractivity contribution in [3.05, 3.63) is 59.6 Å². The summed E-state index contributed by atoms with van der Waals surface area (Å²) in [7, 11) is 3.04. The molecule has 35 heavy (non-hydrogen) atoms. The Morgan fingerprint density at radius 2 is 1.80 bits per heavy atom. The molecule has 1 aliphatic rings. The van der Waals surface area contributed by atoms with E-state index in [9.17, 15) is 14.4 Å². The predicted molar refractivity (Wildman–Crippen MR) is 131 cm³/mol. The van der Waals surface area contributed by atoms with E-state index in [-0.39, 0.29) is 31.8 Å². The number of carbonyl (C=O) groups excluding carboxylic acids is 3. The largest absolute Gasteiger partial charge is 0.493 e. The summed E-state index contributed by atoms with van der Waals surface area (Å²) in [5, 5.41) is 0. The Hall–Kier alpha value is -3.29. The van der Waals surface area contributed by atoms with Crippen molar-refractivity contribution < 1.29 is 33.3 Å². The van der Waals surface area contributed by atoms with E-state index in [2.05, 4.69) is 0 Å². The van der Waals surface area contributed by atoms with Crippen LogP contribution in [0.15, 0.2) is 54.0 Å². The summed E-state index contributed by atoms with van der Waals surface area (Å²) in [5.41, 5.74) is 0.372. The van der Waals surface area contributed by atoms with Crippen molar-refractivity contribution in [2.45, 2.75) is 65.0 Å². The van der Waals surface area contributed by atoms with Crippen LogP contribution in [0.5, 0.6) is 0 Å². The number of amides is 2. The van der Waals surface area contributed by atoms with Gasteiger partial charge in [0, 0.05) is 12.3 Å². The Balaban J connectivity index is 2.25. The Kier molecular flexibility index (Phi) is 10.4. The van der Waals surface area contributed by atoms with Crippen molar-refractivity contribution in [1.82, 2.24) is 4.90 Å². The molecule has 0 radical (unpaired) electrons. The van der Waals surface area contributed by atoms with Crippen LogP contribution >= 0.6 is 0 Å². The molecule has 1 fully saturated rings. The molecular formula is C27H37NO7. The highest BCUT2D eigenvalue weighted by molar-refractivity contribution is 5.95. The van der Waals surface area contributed by atoms with Crippen molar-refractivity contribution in [1.29, 1.82) is 0 Å². The van der Waals surface area contributed by atoms with Crippen LogP contribution in [0.3, 0.4) is 0 Å². The van der Waals surface area contributed by atoms with Crippen molar-refractivity contribution >= 4 is 18.0 Å². The third-order valence-corrected chi connectivity index (χ3v) is 5.51. The first-order valence-electron chi connectivity index (χ1n) is 11.8. The zero-order valence-corrected chi connectivity index (χ0v) is 21.5. The first-order valence-corrected chi connectivity index (χ1v) is 11.8. The highest BCUT2D eigenvalue weighted by atomic mass is 16.6. The van der Waals surface area contributed by atoms with Gasteiger partial charge < -0.3 is 18.9 Å². The Labute approximate surface area is 207 Å². The molecule has 0 aromatic heterocycles. The molecule has 1 aliphatic heterocycles. The number of carbonyl (C=O) groups is 3. The topological polar surface area (TPSA) is 91.4 Å². The molecule has 0 saturated carbocycles. The second-order valence-electron chi connectivity index (χ2n) is 9.32. The molecule has 2 rings (SSSR count). The molecule has 0 unspecified atom stereocenters. The summed E-state index contributed by atoms with van der Waals surface area (Å²) in [6.45, 7) is 7.31. The highest BCUT2D eigenvalue weighted by Crippen LogP contribution is 2.26. The third-order valence-electron chi connectivity index (χ3n) is 5.51. The first-order chi connectivity index (χ1) is 16.6. The van der Waals surface area contributed by atoms with Gasteiger partial charge in [-0.3, -0.25) is 9.59 Å². The Morgan fingerprint density at radius 3 is 2.37 bits per heavy atom. The average Bonchev–Trinajstić information content (AvgIpc) is 3.17. The summed E-state index contributed by atoms with van der Waals surface area (Å²) in [4.78, 5) is 39.7. The molecule has 1 heterocycles. The van der Waals surface area contributed by atoms with Crippen LogP contribution in [0.1, 0.15) is 52.5 Å². The lowest BCUT2D eigenvalue weighted by Gasteiger charge is -2.25. The first kappa shape index (κ1) is 28.0. The van der Waals surface area contributed by atoms with Crippen molar-refractivity contribution in [2.75, 3.05) is 20.8 Å². The lowest BCUT2D eigenvalue weighted by Crippen LogP contribution is -2.43. The van der Waals surface area contributed by atoms with E-state index >= 15 is 0 Å². The van der Waals surface area contributed by atoms with E-state index in [4.69, 9.17) is 18.9 Å². The fourth-order valence-electron chi connectivity index (χ4n) is 3.88. The summed E-state index contributed by atoms with van der Waals surface area (Å²) in [5.74, 6) is -0.458. The molecule has 192 valence electrons. The quantitative estimate of drug-likeness (QED) is 0.252. The molecule has 2 atom stereocenters. The van der Waals surface area contributed by atoms with Crippen molar-refractivity contribution in [3.8, 4) is 0 Å². The van der Waals surface area contributed by atoms with E-state index in [0.717, 1.165) is 5.56 Å². The van der Waals surface area contributed by atoms with E-state index in [1.165, 1.54) is 19.1 Å². The molecule has 0 spiro atoms. The molecule has 8 nitrogen and oxygen atoms in total. The number of esters is 1. The van der Waals surface area contributed by atoms with Gasteiger partial charge >= 0.3 is 12.1 Å². The van der Waals surface area contributed by atoms with Gasteiger partial charge in [0.1, 0.15) is 12.2 Å². The number of methoxy groups -OCH3 is 2. The summed E-state index contributed by atoms with van der Waals surface area (Å²) in [6, 6.07) is 9.21. The fraction of sp³-hybridized carbons (Fsp3) is 0.519. The van der Waals surface area contributed by atoms with E-state index in [0.29, 0.717) is 17.9 Å². The maximum Gasteiger partial charge on any atom is 0.416 e. The molecule has 1 aromatic carbocycles. The second kappa shape index (κ2) is 13.0. The Morgan fingerprint density at radius 1 is 1.14 bits per heavy atom. The minimum absolute atomic E-state index is 0.0385. The molecule has 1 aromatic rings. The zero-order chi connectivity index (χ0) is 26.0. The molecule has 2 amide bonds. The number of ether oxygens (including phenoxy) is 4. The summed E-state index contributed by atoms with van der Waals surface area (Å²) < 4.78 is 21.4. The predicted octanol–water partition coefficient (Wildman–Crippen LogP) is 4.79. The van der Waals surface area contributed by atoms with Gasteiger partial charge in [-0.2, -0.15) is 0 Å². The number of rotatable bonds is 11. The summed E-state index contributed by atoms with van der Waals surface area (Å²) in [6.07, 6.45) is 3.80. The number of nitrogens with zero attached hydrogens (tertiary/aromatic N) is 1. The van der Waals surface area contributed by atoms with Gasteiger partial charge in [0.15, 0.2) is 11.5 Å². The average molecular weight is 488 g/mol. The van der Waals surface area contributed by atoms with Crippen LogP contribution in [0, 0.1) is 5.92 Å². The number of allylic oxidation sites excluding steroid dienone is 2. The van der Waals surface area contributed by atoms with Gasteiger partial charge in [0.25, 0.3) is 0 Å². The molecule has 1 saturated heterocycles. The SMILES string of the molecule is C/C=C(OC)\C(=C/C[C@H](CCC(=O)OC(C)(C)C)C(=O)N1C(=O)OC[C@@H]1Cc1ccccc1)OC. The van der Waals surface area contributed by atoms with Gasteiger partial charge in [0.2, 0.25) is 5.91 Å². The minimum atomic E-state index is -0.667. The van der Waals surface area contributed by atoms with Crippen LogP contribution in [0.25, 0.3) is 0 Å². The number of imide groups is 1. The van der Waals surface area contributed by atoms with Crippen LogP contribution in [-0.2, 0) is 35.0 Å². The van der Waals surface area contributed by atoms with Gasteiger partial charge in [-0.25, -0.2) is 9.69 Å². The van der Waals surface area contributed by atoms with E-state index in [1.807, 2.05) is 37.3 Å². The van der Waals surface area contributed by atoms with Crippen LogP contribution in [-0.4, -0.2) is 55.3 Å². The van der Waals surface area contributed by atoms with Gasteiger partial charge in [-0.05, 0) is 64.7 Å². The number of hydrogen-bond acceptors (Lipinski definition) is 7. The molecule has 0 bridgehead atoms. The second-order valence-corrected chi connectivity index (χ2v) is 9.32.